The molecule has 0 fully saturated rings. The van der Waals surface area contributed by atoms with E-state index >= 15 is 0 Å². The highest BCUT2D eigenvalue weighted by molar-refractivity contribution is 14.0. The molecule has 0 saturated heterocycles. The first-order chi connectivity index (χ1) is 3.18. The van der Waals surface area contributed by atoms with Crippen LogP contribution < -0.4 is 6.15 Å². The maximum atomic E-state index is 2.22. The Labute approximate surface area is 75.6 Å². The molecule has 0 rings (SSSR count). The van der Waals surface area contributed by atoms with Gasteiger partial charge in [-0.2, -0.15) is 0 Å². The summed E-state index contributed by atoms with van der Waals surface area (Å²) >= 11 is 0. The minimum atomic E-state index is 0. The van der Waals surface area contributed by atoms with Crippen LogP contribution in [0.3, 0.4) is 0 Å². The van der Waals surface area contributed by atoms with E-state index in [0.29, 0.717) is 0 Å². The molecule has 60 valence electrons. The Kier molecular flexibility index (Phi) is 15.7. The van der Waals surface area contributed by atoms with Crippen molar-refractivity contribution in [1.82, 2.24) is 11.1 Å². The average Bonchev–Trinajstić information content (AvgIpc) is 1.65. The van der Waals surface area contributed by atoms with Crippen molar-refractivity contribution in [3.05, 3.63) is 0 Å². The van der Waals surface area contributed by atoms with Gasteiger partial charge in [0.2, 0.25) is 0 Å². The molecular formula is C6H19IN2. The van der Waals surface area contributed by atoms with Gasteiger partial charge in [-0.05, 0) is 27.4 Å². The van der Waals surface area contributed by atoms with Crippen molar-refractivity contribution in [2.75, 3.05) is 14.1 Å². The third kappa shape index (κ3) is 8.65. The lowest BCUT2D eigenvalue weighted by molar-refractivity contribution is 0.307. The predicted octanol–water partition coefficient (Wildman–Crippen LogP) is 2.13. The van der Waals surface area contributed by atoms with E-state index < -0.39 is 0 Å². The van der Waals surface area contributed by atoms with Gasteiger partial charge in [-0.1, -0.05) is 6.92 Å². The molecule has 0 amide bonds. The molecular weight excluding hydrogens is 227 g/mol. The average molecular weight is 246 g/mol. The second-order valence-corrected chi connectivity index (χ2v) is 2.22. The molecule has 0 bridgehead atoms. The van der Waals surface area contributed by atoms with Crippen LogP contribution in [0.2, 0.25) is 0 Å². The molecule has 0 aromatic rings. The number of rotatable bonds is 2. The first-order valence-electron chi connectivity index (χ1n) is 2.85. The van der Waals surface area contributed by atoms with Gasteiger partial charge in [0, 0.05) is 6.04 Å². The molecule has 0 radical (unpaired) electrons. The Morgan fingerprint density at radius 1 is 1.33 bits per heavy atom. The van der Waals surface area contributed by atoms with Gasteiger partial charge in [0.1, 0.15) is 0 Å². The Morgan fingerprint density at radius 2 is 1.67 bits per heavy atom. The van der Waals surface area contributed by atoms with Crippen molar-refractivity contribution in [2.45, 2.75) is 26.3 Å². The highest BCUT2D eigenvalue weighted by atomic mass is 127. The molecule has 2 nitrogen and oxygen atoms in total. The van der Waals surface area contributed by atoms with E-state index in [9.17, 15) is 0 Å². The van der Waals surface area contributed by atoms with Crippen LogP contribution in [-0.4, -0.2) is 25.0 Å². The molecule has 0 saturated carbocycles. The standard InChI is InChI=1S/C6H15N.HI.H3N/c1-5-6(2)7(3)4;;/h6H,5H2,1-4H3;1H;1H3. The van der Waals surface area contributed by atoms with Gasteiger partial charge in [-0.3, -0.25) is 0 Å². The van der Waals surface area contributed by atoms with Gasteiger partial charge in [-0.25, -0.2) is 0 Å². The fourth-order valence-corrected chi connectivity index (χ4v) is 0.365. The molecule has 0 spiro atoms. The van der Waals surface area contributed by atoms with E-state index in [1.54, 1.807) is 0 Å². The third-order valence-corrected chi connectivity index (χ3v) is 1.47. The molecule has 3 heteroatoms. The van der Waals surface area contributed by atoms with Crippen molar-refractivity contribution >= 4 is 24.0 Å². The number of hydrogen-bond donors (Lipinski definition) is 1. The second kappa shape index (κ2) is 8.65. The SMILES string of the molecule is CCC(C)N(C)C.I.N. The van der Waals surface area contributed by atoms with E-state index in [1.807, 2.05) is 0 Å². The van der Waals surface area contributed by atoms with E-state index in [1.165, 1.54) is 6.42 Å². The van der Waals surface area contributed by atoms with Crippen LogP contribution >= 0.6 is 24.0 Å². The number of halogens is 1. The van der Waals surface area contributed by atoms with Crippen LogP contribution in [0.15, 0.2) is 0 Å². The molecule has 0 aliphatic rings. The summed E-state index contributed by atoms with van der Waals surface area (Å²) in [5, 5.41) is 0. The smallest absolute Gasteiger partial charge is 0.00582 e. The third-order valence-electron chi connectivity index (χ3n) is 1.47. The van der Waals surface area contributed by atoms with Gasteiger partial charge in [0.25, 0.3) is 0 Å². The molecule has 9 heavy (non-hydrogen) atoms. The molecule has 0 aliphatic carbocycles. The fraction of sp³-hybridized carbons (Fsp3) is 1.00. The van der Waals surface area contributed by atoms with Crippen molar-refractivity contribution in [1.29, 1.82) is 0 Å². The van der Waals surface area contributed by atoms with Crippen LogP contribution in [0, 0.1) is 0 Å². The maximum absolute atomic E-state index is 2.22. The van der Waals surface area contributed by atoms with E-state index in [0.717, 1.165) is 6.04 Å². The van der Waals surface area contributed by atoms with Crippen LogP contribution in [0.1, 0.15) is 20.3 Å². The zero-order valence-electron chi connectivity index (χ0n) is 6.85. The lowest BCUT2D eigenvalue weighted by atomic mass is 10.2. The summed E-state index contributed by atoms with van der Waals surface area (Å²) in [7, 11) is 4.21. The zero-order valence-corrected chi connectivity index (χ0v) is 9.18. The van der Waals surface area contributed by atoms with Crippen LogP contribution in [0.5, 0.6) is 0 Å². The molecule has 0 aromatic carbocycles. The molecule has 0 aliphatic heterocycles. The van der Waals surface area contributed by atoms with Gasteiger partial charge in [0.05, 0.1) is 0 Å². The predicted molar refractivity (Wildman–Crippen MR) is 53.9 cm³/mol. The van der Waals surface area contributed by atoms with Crippen molar-refractivity contribution in [3.63, 3.8) is 0 Å². The summed E-state index contributed by atoms with van der Waals surface area (Å²) in [4.78, 5) is 2.22. The second-order valence-electron chi connectivity index (χ2n) is 2.22. The Bertz CT molecular complexity index is 48.3. The highest BCUT2D eigenvalue weighted by Gasteiger charge is 1.96. The van der Waals surface area contributed by atoms with Gasteiger partial charge >= 0.3 is 0 Å². The normalized spacial score (nSPS) is 11.7. The Morgan fingerprint density at radius 3 is 1.67 bits per heavy atom. The first kappa shape index (κ1) is 16.3. The Balaban J connectivity index is -0.000000180. The Hall–Kier alpha value is 0.650. The summed E-state index contributed by atoms with van der Waals surface area (Å²) in [6, 6.07) is 0.736. The van der Waals surface area contributed by atoms with E-state index in [2.05, 4.69) is 32.8 Å². The largest absolute Gasteiger partial charge is 0.344 e. The topological polar surface area (TPSA) is 38.2 Å². The van der Waals surface area contributed by atoms with Gasteiger partial charge < -0.3 is 11.1 Å². The van der Waals surface area contributed by atoms with Crippen LogP contribution in [-0.2, 0) is 0 Å². The molecule has 0 heterocycles. The summed E-state index contributed by atoms with van der Waals surface area (Å²) in [6.07, 6.45) is 1.24. The maximum Gasteiger partial charge on any atom is 0.00582 e. The summed E-state index contributed by atoms with van der Waals surface area (Å²) in [5.74, 6) is 0. The summed E-state index contributed by atoms with van der Waals surface area (Å²) in [5.41, 5.74) is 0. The fourth-order valence-electron chi connectivity index (χ4n) is 0.365. The number of hydrogen-bond acceptors (Lipinski definition) is 2. The first-order valence-corrected chi connectivity index (χ1v) is 2.85. The van der Waals surface area contributed by atoms with Gasteiger partial charge in [-0.15, -0.1) is 24.0 Å². The monoisotopic (exact) mass is 246 g/mol. The molecule has 3 N–H and O–H groups in total. The van der Waals surface area contributed by atoms with Crippen molar-refractivity contribution in [3.8, 4) is 0 Å². The van der Waals surface area contributed by atoms with Crippen molar-refractivity contribution < 1.29 is 0 Å². The summed E-state index contributed by atoms with van der Waals surface area (Å²) < 4.78 is 0. The highest BCUT2D eigenvalue weighted by Crippen LogP contribution is 1.93. The van der Waals surface area contributed by atoms with Gasteiger partial charge in [0.15, 0.2) is 0 Å². The quantitative estimate of drug-likeness (QED) is 0.758. The molecule has 0 aromatic heterocycles. The lowest BCUT2D eigenvalue weighted by Gasteiger charge is -2.16. The van der Waals surface area contributed by atoms with Crippen LogP contribution in [0.4, 0.5) is 0 Å². The molecule has 1 atom stereocenters. The minimum Gasteiger partial charge on any atom is -0.344 e. The number of nitrogens with zero attached hydrogens (tertiary/aromatic N) is 1. The van der Waals surface area contributed by atoms with E-state index in [-0.39, 0.29) is 30.1 Å². The molecule has 1 unspecified atom stereocenters. The van der Waals surface area contributed by atoms with E-state index in [4.69, 9.17) is 0 Å². The van der Waals surface area contributed by atoms with Crippen LogP contribution in [0.25, 0.3) is 0 Å². The zero-order chi connectivity index (χ0) is 5.86. The summed E-state index contributed by atoms with van der Waals surface area (Å²) in [6.45, 7) is 4.42. The minimum absolute atomic E-state index is 0. The van der Waals surface area contributed by atoms with Crippen molar-refractivity contribution in [2.24, 2.45) is 0 Å². The lowest BCUT2D eigenvalue weighted by Crippen LogP contribution is -2.23.